The highest BCUT2D eigenvalue weighted by atomic mass is 32.2. The smallest absolute Gasteiger partial charge is 0.337 e. The molecule has 6 heteroatoms. The van der Waals surface area contributed by atoms with Gasteiger partial charge < -0.3 is 4.74 Å². The van der Waals surface area contributed by atoms with E-state index in [4.69, 9.17) is 8.92 Å². The zero-order valence-electron chi connectivity index (χ0n) is 11.4. The van der Waals surface area contributed by atoms with E-state index in [2.05, 4.69) is 4.72 Å². The first-order valence-corrected chi connectivity index (χ1v) is 7.85. The van der Waals surface area contributed by atoms with Crippen LogP contribution in [0.15, 0.2) is 54.6 Å². The average molecular weight is 305 g/mol. The highest BCUT2D eigenvalue weighted by Gasteiger charge is 2.45. The maximum atomic E-state index is 11.8. The summed E-state index contributed by atoms with van der Waals surface area (Å²) in [6.45, 7) is 0.00646. The number of benzene rings is 2. The molecular weight excluding hydrogens is 290 g/mol. The van der Waals surface area contributed by atoms with Crippen LogP contribution in [0.2, 0.25) is 0 Å². The largest absolute Gasteiger partial charge is 0.497 e. The first kappa shape index (κ1) is 14.1. The Hall–Kier alpha value is -1.89. The third kappa shape index (κ3) is 2.53. The Morgan fingerprint density at radius 1 is 1.10 bits per heavy atom. The Balaban J connectivity index is 2.18. The van der Waals surface area contributed by atoms with Crippen LogP contribution in [0.5, 0.6) is 5.75 Å². The molecule has 1 heterocycles. The van der Waals surface area contributed by atoms with Gasteiger partial charge in [-0.2, -0.15) is 13.1 Å². The highest BCUT2D eigenvalue weighted by Crippen LogP contribution is 2.36. The molecule has 0 radical (unpaired) electrons. The lowest BCUT2D eigenvalue weighted by molar-refractivity contribution is 0.299. The van der Waals surface area contributed by atoms with Crippen LogP contribution in [-0.2, 0) is 20.0 Å². The molecule has 1 N–H and O–H groups in total. The molecule has 1 unspecified atom stereocenters. The van der Waals surface area contributed by atoms with Gasteiger partial charge in [-0.15, -0.1) is 0 Å². The lowest BCUT2D eigenvalue weighted by Crippen LogP contribution is -2.41. The van der Waals surface area contributed by atoms with Gasteiger partial charge in [0.25, 0.3) is 0 Å². The van der Waals surface area contributed by atoms with Gasteiger partial charge in [0.1, 0.15) is 11.3 Å². The number of methoxy groups -OCH3 is 1. The van der Waals surface area contributed by atoms with E-state index >= 15 is 0 Å². The number of nitrogens with one attached hydrogen (secondary N) is 1. The standard InChI is InChI=1S/C15H15NO4S/c1-19-14-9-5-8-13(10-14)15(11-20-21(17,18)16-15)12-6-3-2-4-7-12/h2-10,16H,11H2,1H3. The molecule has 5 nitrogen and oxygen atoms in total. The zero-order valence-corrected chi connectivity index (χ0v) is 12.3. The first-order valence-electron chi connectivity index (χ1n) is 6.44. The Kier molecular flexibility index (Phi) is 3.44. The summed E-state index contributed by atoms with van der Waals surface area (Å²) in [7, 11) is -2.19. The summed E-state index contributed by atoms with van der Waals surface area (Å²) < 4.78 is 36.4. The molecule has 0 aliphatic carbocycles. The van der Waals surface area contributed by atoms with E-state index in [9.17, 15) is 8.42 Å². The maximum Gasteiger partial charge on any atom is 0.337 e. The molecule has 110 valence electrons. The summed E-state index contributed by atoms with van der Waals surface area (Å²) in [4.78, 5) is 0. The van der Waals surface area contributed by atoms with Gasteiger partial charge in [0.15, 0.2) is 0 Å². The summed E-state index contributed by atoms with van der Waals surface area (Å²) in [5.41, 5.74) is 0.655. The second-order valence-electron chi connectivity index (χ2n) is 4.82. The van der Waals surface area contributed by atoms with Crippen molar-refractivity contribution in [3.8, 4) is 5.75 Å². The van der Waals surface area contributed by atoms with Gasteiger partial charge in [0.2, 0.25) is 0 Å². The molecule has 3 rings (SSSR count). The minimum atomic E-state index is -3.76. The van der Waals surface area contributed by atoms with Crippen molar-refractivity contribution in [3.63, 3.8) is 0 Å². The lowest BCUT2D eigenvalue weighted by atomic mass is 9.84. The van der Waals surface area contributed by atoms with Crippen molar-refractivity contribution in [2.45, 2.75) is 5.54 Å². The molecular formula is C15H15NO4S. The average Bonchev–Trinajstić information content (AvgIpc) is 2.85. The molecule has 0 spiro atoms. The number of rotatable bonds is 3. The fourth-order valence-corrected chi connectivity index (χ4v) is 3.61. The molecule has 21 heavy (non-hydrogen) atoms. The predicted molar refractivity (Wildman–Crippen MR) is 78.2 cm³/mol. The van der Waals surface area contributed by atoms with Gasteiger partial charge in [-0.05, 0) is 23.3 Å². The van der Waals surface area contributed by atoms with E-state index in [0.717, 1.165) is 11.1 Å². The quantitative estimate of drug-likeness (QED) is 0.939. The molecule has 2 aromatic carbocycles. The first-order chi connectivity index (χ1) is 10.1. The lowest BCUT2D eigenvalue weighted by Gasteiger charge is -2.27. The van der Waals surface area contributed by atoms with E-state index in [-0.39, 0.29) is 6.61 Å². The van der Waals surface area contributed by atoms with Crippen molar-refractivity contribution in [2.75, 3.05) is 13.7 Å². The molecule has 1 atom stereocenters. The van der Waals surface area contributed by atoms with Crippen LogP contribution in [0, 0.1) is 0 Å². The van der Waals surface area contributed by atoms with E-state index in [1.165, 1.54) is 0 Å². The maximum absolute atomic E-state index is 11.8. The number of hydrogen-bond donors (Lipinski definition) is 1. The Labute approximate surface area is 123 Å². The van der Waals surface area contributed by atoms with Gasteiger partial charge in [-0.1, -0.05) is 42.5 Å². The van der Waals surface area contributed by atoms with Gasteiger partial charge in [0, 0.05) is 0 Å². The molecule has 1 aliphatic rings. The predicted octanol–water partition coefficient (Wildman–Crippen LogP) is 1.80. The van der Waals surface area contributed by atoms with E-state index < -0.39 is 15.8 Å². The fourth-order valence-electron chi connectivity index (χ4n) is 2.50. The van der Waals surface area contributed by atoms with Crippen LogP contribution in [0.4, 0.5) is 0 Å². The van der Waals surface area contributed by atoms with Crippen LogP contribution < -0.4 is 9.46 Å². The van der Waals surface area contributed by atoms with Gasteiger partial charge >= 0.3 is 10.3 Å². The third-order valence-corrected chi connectivity index (χ3v) is 4.59. The van der Waals surface area contributed by atoms with Crippen molar-refractivity contribution >= 4 is 10.3 Å². The van der Waals surface area contributed by atoms with Crippen LogP contribution in [0.3, 0.4) is 0 Å². The molecule has 1 fully saturated rings. The van der Waals surface area contributed by atoms with Crippen molar-refractivity contribution < 1.29 is 17.3 Å². The Morgan fingerprint density at radius 2 is 1.81 bits per heavy atom. The number of ether oxygens (including phenoxy) is 1. The zero-order chi connectivity index (χ0) is 14.9. The second kappa shape index (κ2) is 5.14. The minimum absolute atomic E-state index is 0.00646. The van der Waals surface area contributed by atoms with E-state index in [1.807, 2.05) is 54.6 Å². The fraction of sp³-hybridized carbons (Fsp3) is 0.200. The molecule has 2 aromatic rings. The normalized spacial score (nSPS) is 23.9. The molecule has 1 saturated heterocycles. The third-order valence-electron chi connectivity index (χ3n) is 3.56. The highest BCUT2D eigenvalue weighted by molar-refractivity contribution is 7.85. The molecule has 0 amide bonds. The van der Waals surface area contributed by atoms with Gasteiger partial charge in [-0.3, -0.25) is 4.18 Å². The number of hydrogen-bond acceptors (Lipinski definition) is 4. The van der Waals surface area contributed by atoms with E-state index in [1.54, 1.807) is 7.11 Å². The van der Waals surface area contributed by atoms with Crippen LogP contribution >= 0.6 is 0 Å². The summed E-state index contributed by atoms with van der Waals surface area (Å²) in [5, 5.41) is 0. The van der Waals surface area contributed by atoms with Gasteiger partial charge in [0.05, 0.1) is 13.7 Å². The van der Waals surface area contributed by atoms with Crippen LogP contribution in [0.1, 0.15) is 11.1 Å². The monoisotopic (exact) mass is 305 g/mol. The molecule has 1 aliphatic heterocycles. The van der Waals surface area contributed by atoms with E-state index in [0.29, 0.717) is 5.75 Å². The SMILES string of the molecule is COc1cccc(C2(c3ccccc3)COS(=O)(=O)N2)c1. The van der Waals surface area contributed by atoms with Crippen LogP contribution in [-0.4, -0.2) is 22.1 Å². The Morgan fingerprint density at radius 3 is 2.43 bits per heavy atom. The second-order valence-corrected chi connectivity index (χ2v) is 6.17. The summed E-state index contributed by atoms with van der Waals surface area (Å²) in [5.74, 6) is 0.661. The Bertz CT molecular complexity index is 745. The topological polar surface area (TPSA) is 64.6 Å². The molecule has 0 bridgehead atoms. The molecule has 0 aromatic heterocycles. The van der Waals surface area contributed by atoms with Crippen molar-refractivity contribution in [1.29, 1.82) is 0 Å². The minimum Gasteiger partial charge on any atom is -0.497 e. The summed E-state index contributed by atoms with van der Waals surface area (Å²) >= 11 is 0. The van der Waals surface area contributed by atoms with Crippen molar-refractivity contribution in [1.82, 2.24) is 4.72 Å². The van der Waals surface area contributed by atoms with Crippen molar-refractivity contribution in [3.05, 3.63) is 65.7 Å². The van der Waals surface area contributed by atoms with Gasteiger partial charge in [-0.25, -0.2) is 0 Å². The summed E-state index contributed by atoms with van der Waals surface area (Å²) in [6.07, 6.45) is 0. The molecule has 0 saturated carbocycles. The van der Waals surface area contributed by atoms with Crippen molar-refractivity contribution in [2.24, 2.45) is 0 Å². The van der Waals surface area contributed by atoms with Crippen LogP contribution in [0.25, 0.3) is 0 Å². The summed E-state index contributed by atoms with van der Waals surface area (Å²) in [6, 6.07) is 16.7.